The Hall–Kier alpha value is -1.22. The number of hydrogen-bond acceptors (Lipinski definition) is 1. The highest BCUT2D eigenvalue weighted by Crippen LogP contribution is 2.44. The molecule has 0 amide bonds. The fraction of sp³-hybridized carbons (Fsp3) is 0.333. The quantitative estimate of drug-likeness (QED) is 0.679. The fourth-order valence-corrected chi connectivity index (χ4v) is 1.56. The zero-order chi connectivity index (χ0) is 11.0. The summed E-state index contributed by atoms with van der Waals surface area (Å²) in [5, 5.41) is 0. The van der Waals surface area contributed by atoms with Gasteiger partial charge in [-0.15, -0.1) is 0 Å². The second-order valence-corrected chi connectivity index (χ2v) is 3.83. The average molecular weight is 210 g/mol. The van der Waals surface area contributed by atoms with Gasteiger partial charge in [-0.3, -0.25) is 0 Å². The molecule has 1 aliphatic heterocycles. The number of epoxide rings is 1. The Bertz CT molecular complexity index is 391. The molecule has 3 heteroatoms. The first-order chi connectivity index (χ1) is 7.09. The minimum Gasteiger partial charge on any atom is -0.360 e. The third-order valence-electron chi connectivity index (χ3n) is 2.62. The van der Waals surface area contributed by atoms with Gasteiger partial charge in [-0.2, -0.15) is 8.78 Å². The van der Waals surface area contributed by atoms with Crippen LogP contribution < -0.4 is 0 Å². The maximum Gasteiger partial charge on any atom is 0.271 e. The van der Waals surface area contributed by atoms with Gasteiger partial charge in [0, 0.05) is 5.57 Å². The Kier molecular flexibility index (Phi) is 2.57. The summed E-state index contributed by atoms with van der Waals surface area (Å²) in [6.07, 6.45) is -2.25. The minimum atomic E-state index is -1.63. The summed E-state index contributed by atoms with van der Waals surface area (Å²) in [7, 11) is 0. The van der Waals surface area contributed by atoms with E-state index >= 15 is 0 Å². The van der Waals surface area contributed by atoms with Gasteiger partial charge in [0.25, 0.3) is 6.08 Å². The van der Waals surface area contributed by atoms with Gasteiger partial charge < -0.3 is 4.74 Å². The van der Waals surface area contributed by atoms with Crippen LogP contribution in [0.4, 0.5) is 8.78 Å². The highest BCUT2D eigenvalue weighted by molar-refractivity contribution is 5.30. The molecule has 0 aromatic heterocycles. The maximum absolute atomic E-state index is 12.3. The molecule has 1 fully saturated rings. The van der Waals surface area contributed by atoms with Crippen molar-refractivity contribution in [1.82, 2.24) is 0 Å². The molecule has 1 aromatic rings. The zero-order valence-electron chi connectivity index (χ0n) is 8.63. The lowest BCUT2D eigenvalue weighted by Gasteiger charge is -1.97. The lowest BCUT2D eigenvalue weighted by atomic mass is 10.1. The molecule has 15 heavy (non-hydrogen) atoms. The fourth-order valence-electron chi connectivity index (χ4n) is 1.56. The van der Waals surface area contributed by atoms with E-state index in [-0.39, 0.29) is 11.7 Å². The first-order valence-electron chi connectivity index (χ1n) is 4.83. The second kappa shape index (κ2) is 3.74. The molecule has 1 nitrogen and oxygen atoms in total. The number of ether oxygens (including phenoxy) is 1. The Labute approximate surface area is 87.4 Å². The van der Waals surface area contributed by atoms with Gasteiger partial charge in [-0.1, -0.05) is 29.8 Å². The molecule has 0 unspecified atom stereocenters. The van der Waals surface area contributed by atoms with Gasteiger partial charge in [-0.05, 0) is 19.4 Å². The van der Waals surface area contributed by atoms with Crippen LogP contribution in [0.2, 0.25) is 0 Å². The molecule has 0 bridgehead atoms. The van der Waals surface area contributed by atoms with Crippen molar-refractivity contribution in [3.63, 3.8) is 0 Å². The van der Waals surface area contributed by atoms with Crippen molar-refractivity contribution in [1.29, 1.82) is 0 Å². The molecule has 1 aromatic carbocycles. The Morgan fingerprint density at radius 1 is 1.20 bits per heavy atom. The third kappa shape index (κ3) is 2.07. The van der Waals surface area contributed by atoms with Gasteiger partial charge in [0.05, 0.1) is 0 Å². The monoisotopic (exact) mass is 210 g/mol. The van der Waals surface area contributed by atoms with Crippen LogP contribution in [0.15, 0.2) is 35.9 Å². The van der Waals surface area contributed by atoms with Gasteiger partial charge in [-0.25, -0.2) is 0 Å². The molecule has 0 N–H and O–H groups in total. The molecule has 1 heterocycles. The SMILES string of the molecule is CC(=C(F)F)[C@H]1O[C@@H]1c1ccc(C)cc1. The molecule has 0 radical (unpaired) electrons. The summed E-state index contributed by atoms with van der Waals surface area (Å²) in [6.45, 7) is 3.40. The van der Waals surface area contributed by atoms with E-state index in [1.54, 1.807) is 0 Å². The van der Waals surface area contributed by atoms with Crippen molar-refractivity contribution in [2.75, 3.05) is 0 Å². The van der Waals surface area contributed by atoms with E-state index in [1.165, 1.54) is 6.92 Å². The van der Waals surface area contributed by atoms with Crippen LogP contribution in [-0.4, -0.2) is 6.10 Å². The van der Waals surface area contributed by atoms with Crippen molar-refractivity contribution >= 4 is 0 Å². The number of halogens is 2. The molecule has 0 aliphatic carbocycles. The Balaban J connectivity index is 2.11. The summed E-state index contributed by atoms with van der Waals surface area (Å²) in [5.74, 6) is 0. The molecule has 0 spiro atoms. The van der Waals surface area contributed by atoms with Crippen molar-refractivity contribution < 1.29 is 13.5 Å². The summed E-state index contributed by atoms with van der Waals surface area (Å²) in [5.41, 5.74) is 2.16. The number of rotatable bonds is 2. The molecule has 0 saturated carbocycles. The predicted octanol–water partition coefficient (Wildman–Crippen LogP) is 3.61. The van der Waals surface area contributed by atoms with Crippen molar-refractivity contribution in [3.05, 3.63) is 47.0 Å². The first kappa shape index (κ1) is 10.3. The zero-order valence-corrected chi connectivity index (χ0v) is 8.63. The maximum atomic E-state index is 12.3. The highest BCUT2D eigenvalue weighted by atomic mass is 19.3. The second-order valence-electron chi connectivity index (χ2n) is 3.83. The highest BCUT2D eigenvalue weighted by Gasteiger charge is 2.42. The van der Waals surface area contributed by atoms with E-state index in [4.69, 9.17) is 4.74 Å². The van der Waals surface area contributed by atoms with E-state index in [9.17, 15) is 8.78 Å². The van der Waals surface area contributed by atoms with Gasteiger partial charge >= 0.3 is 0 Å². The average Bonchev–Trinajstić information content (AvgIpc) is 2.97. The van der Waals surface area contributed by atoms with Crippen LogP contribution in [0.1, 0.15) is 24.2 Å². The summed E-state index contributed by atoms with van der Waals surface area (Å²) in [4.78, 5) is 0. The van der Waals surface area contributed by atoms with E-state index < -0.39 is 12.2 Å². The predicted molar refractivity (Wildman–Crippen MR) is 53.7 cm³/mol. The first-order valence-corrected chi connectivity index (χ1v) is 4.83. The van der Waals surface area contributed by atoms with Gasteiger partial charge in [0.1, 0.15) is 12.2 Å². The molecular formula is C12H12F2O. The van der Waals surface area contributed by atoms with Crippen LogP contribution >= 0.6 is 0 Å². The Morgan fingerprint density at radius 3 is 2.33 bits per heavy atom. The lowest BCUT2D eigenvalue weighted by Crippen LogP contribution is -1.92. The van der Waals surface area contributed by atoms with E-state index in [1.807, 2.05) is 31.2 Å². The van der Waals surface area contributed by atoms with Crippen molar-refractivity contribution in [2.24, 2.45) is 0 Å². The molecular weight excluding hydrogens is 198 g/mol. The standard InChI is InChI=1S/C12H12F2O/c1-7-3-5-9(6-4-7)11-10(15-11)8(2)12(13)14/h3-6,10-11H,1-2H3/t10-,11-/m1/s1. The van der Waals surface area contributed by atoms with E-state index in [0.29, 0.717) is 0 Å². The normalized spacial score (nSPS) is 23.7. The summed E-state index contributed by atoms with van der Waals surface area (Å²) < 4.78 is 29.8. The van der Waals surface area contributed by atoms with Gasteiger partial charge in [0.15, 0.2) is 0 Å². The van der Waals surface area contributed by atoms with Gasteiger partial charge in [0.2, 0.25) is 0 Å². The van der Waals surface area contributed by atoms with E-state index in [0.717, 1.165) is 11.1 Å². The molecule has 2 rings (SSSR count). The summed E-state index contributed by atoms with van der Waals surface area (Å²) >= 11 is 0. The summed E-state index contributed by atoms with van der Waals surface area (Å²) in [6, 6.07) is 7.75. The topological polar surface area (TPSA) is 12.5 Å². The lowest BCUT2D eigenvalue weighted by molar-refractivity contribution is 0.367. The van der Waals surface area contributed by atoms with Crippen LogP contribution in [0.5, 0.6) is 0 Å². The largest absolute Gasteiger partial charge is 0.360 e. The van der Waals surface area contributed by atoms with Crippen LogP contribution in [0.3, 0.4) is 0 Å². The third-order valence-corrected chi connectivity index (χ3v) is 2.62. The Morgan fingerprint density at radius 2 is 1.80 bits per heavy atom. The molecule has 80 valence electrons. The molecule has 1 saturated heterocycles. The van der Waals surface area contributed by atoms with E-state index in [2.05, 4.69) is 0 Å². The number of benzene rings is 1. The number of aryl methyl sites for hydroxylation is 1. The minimum absolute atomic E-state index is 0.0422. The molecule has 2 atom stereocenters. The van der Waals surface area contributed by atoms with Crippen LogP contribution in [-0.2, 0) is 4.74 Å². The number of hydrogen-bond donors (Lipinski definition) is 0. The molecule has 1 aliphatic rings. The van der Waals surface area contributed by atoms with Crippen molar-refractivity contribution in [3.8, 4) is 0 Å². The smallest absolute Gasteiger partial charge is 0.271 e. The van der Waals surface area contributed by atoms with Crippen LogP contribution in [0.25, 0.3) is 0 Å². The van der Waals surface area contributed by atoms with Crippen molar-refractivity contribution in [2.45, 2.75) is 26.1 Å². The van der Waals surface area contributed by atoms with Crippen LogP contribution in [0, 0.1) is 6.92 Å².